The van der Waals surface area contributed by atoms with Gasteiger partial charge in [-0.1, -0.05) is 0 Å². The smallest absolute Gasteiger partial charge is 0.410 e. The van der Waals surface area contributed by atoms with Gasteiger partial charge in [-0.2, -0.15) is 0 Å². The van der Waals surface area contributed by atoms with E-state index in [1.165, 1.54) is 4.90 Å². The maximum atomic E-state index is 12.1. The van der Waals surface area contributed by atoms with Crippen molar-refractivity contribution in [1.29, 1.82) is 0 Å². The standard InChI is InChI=1S/C16H28N2O6/c1-15(2,3)23-13(21)17-11-7-8-18(9-10(11)12(19)20)14(22)24-16(4,5)6/h10-11H,7-9H2,1-6H3,(H,17,21)(H,19,20)/t10-,11+/m0/s1. The van der Waals surface area contributed by atoms with Crippen LogP contribution in [0.2, 0.25) is 0 Å². The Balaban J connectivity index is 2.71. The number of hydrogen-bond acceptors (Lipinski definition) is 5. The molecule has 8 heteroatoms. The Morgan fingerprint density at radius 3 is 2.04 bits per heavy atom. The van der Waals surface area contributed by atoms with Gasteiger partial charge in [-0.25, -0.2) is 9.59 Å². The predicted octanol–water partition coefficient (Wildman–Crippen LogP) is 2.22. The molecule has 2 amide bonds. The maximum absolute atomic E-state index is 12.1. The molecule has 1 heterocycles. The summed E-state index contributed by atoms with van der Waals surface area (Å²) in [5.74, 6) is -2.00. The number of hydrogen-bond donors (Lipinski definition) is 2. The third-order valence-corrected chi connectivity index (χ3v) is 3.28. The van der Waals surface area contributed by atoms with Crippen LogP contribution in [0.25, 0.3) is 0 Å². The molecule has 24 heavy (non-hydrogen) atoms. The molecule has 8 nitrogen and oxygen atoms in total. The van der Waals surface area contributed by atoms with E-state index in [1.807, 2.05) is 0 Å². The Hall–Kier alpha value is -1.99. The first-order valence-electron chi connectivity index (χ1n) is 7.99. The lowest BCUT2D eigenvalue weighted by Gasteiger charge is -2.37. The number of nitrogens with zero attached hydrogens (tertiary/aromatic N) is 1. The molecule has 138 valence electrons. The van der Waals surface area contributed by atoms with Gasteiger partial charge < -0.3 is 24.8 Å². The SMILES string of the molecule is CC(C)(C)OC(=O)N[C@@H]1CCN(C(=O)OC(C)(C)C)C[C@@H]1C(=O)O. The molecule has 1 fully saturated rings. The summed E-state index contributed by atoms with van der Waals surface area (Å²) in [5.41, 5.74) is -1.32. The molecule has 0 aromatic heterocycles. The minimum Gasteiger partial charge on any atom is -0.481 e. The molecule has 0 aliphatic carbocycles. The van der Waals surface area contributed by atoms with Crippen molar-refractivity contribution in [1.82, 2.24) is 10.2 Å². The molecule has 0 aromatic rings. The molecule has 0 bridgehead atoms. The summed E-state index contributed by atoms with van der Waals surface area (Å²) < 4.78 is 10.4. The zero-order chi connectivity index (χ0) is 18.7. The molecule has 0 saturated carbocycles. The molecule has 2 N–H and O–H groups in total. The van der Waals surface area contributed by atoms with E-state index in [4.69, 9.17) is 9.47 Å². The van der Waals surface area contributed by atoms with Crippen LogP contribution in [0.3, 0.4) is 0 Å². The van der Waals surface area contributed by atoms with Crippen LogP contribution in [-0.4, -0.2) is 58.5 Å². The van der Waals surface area contributed by atoms with Crippen molar-refractivity contribution < 1.29 is 29.0 Å². The van der Waals surface area contributed by atoms with Crippen molar-refractivity contribution >= 4 is 18.2 Å². The average molecular weight is 344 g/mol. The van der Waals surface area contributed by atoms with Crippen LogP contribution in [0, 0.1) is 5.92 Å². The number of piperidine rings is 1. The fraction of sp³-hybridized carbons (Fsp3) is 0.812. The Morgan fingerprint density at radius 1 is 1.04 bits per heavy atom. The van der Waals surface area contributed by atoms with Crippen LogP contribution < -0.4 is 5.32 Å². The molecule has 0 spiro atoms. The van der Waals surface area contributed by atoms with Gasteiger partial charge in [-0.05, 0) is 48.0 Å². The molecule has 2 atom stereocenters. The van der Waals surface area contributed by atoms with Crippen LogP contribution in [0.1, 0.15) is 48.0 Å². The summed E-state index contributed by atoms with van der Waals surface area (Å²) in [6, 6.07) is -0.601. The molecular weight excluding hydrogens is 316 g/mol. The van der Waals surface area contributed by atoms with Crippen molar-refractivity contribution in [3.63, 3.8) is 0 Å². The van der Waals surface area contributed by atoms with Crippen molar-refractivity contribution in [2.24, 2.45) is 5.92 Å². The third-order valence-electron chi connectivity index (χ3n) is 3.28. The van der Waals surface area contributed by atoms with Gasteiger partial charge in [0.2, 0.25) is 0 Å². The van der Waals surface area contributed by atoms with Crippen LogP contribution in [0.4, 0.5) is 9.59 Å². The monoisotopic (exact) mass is 344 g/mol. The summed E-state index contributed by atoms with van der Waals surface area (Å²) in [5, 5.41) is 12.0. The highest BCUT2D eigenvalue weighted by molar-refractivity contribution is 5.76. The lowest BCUT2D eigenvalue weighted by Crippen LogP contribution is -2.55. The highest BCUT2D eigenvalue weighted by Gasteiger charge is 2.38. The first-order valence-corrected chi connectivity index (χ1v) is 7.99. The Labute approximate surface area is 142 Å². The topological polar surface area (TPSA) is 105 Å². The van der Waals surface area contributed by atoms with Gasteiger partial charge in [0.05, 0.1) is 5.92 Å². The second-order valence-corrected chi connectivity index (χ2v) is 7.91. The fourth-order valence-electron chi connectivity index (χ4n) is 2.33. The highest BCUT2D eigenvalue weighted by atomic mass is 16.6. The van der Waals surface area contributed by atoms with Gasteiger partial charge >= 0.3 is 18.2 Å². The minimum absolute atomic E-state index is 0.0231. The summed E-state index contributed by atoms with van der Waals surface area (Å²) in [6.45, 7) is 10.7. The number of likely N-dealkylation sites (tertiary alicyclic amines) is 1. The molecule has 1 saturated heterocycles. The van der Waals surface area contributed by atoms with Crippen LogP contribution in [0.5, 0.6) is 0 Å². The number of ether oxygens (including phenoxy) is 2. The Bertz CT molecular complexity index is 492. The largest absolute Gasteiger partial charge is 0.481 e. The molecule has 1 aliphatic heterocycles. The van der Waals surface area contributed by atoms with E-state index in [0.29, 0.717) is 13.0 Å². The molecule has 0 unspecified atom stereocenters. The van der Waals surface area contributed by atoms with Crippen LogP contribution >= 0.6 is 0 Å². The average Bonchev–Trinajstić information content (AvgIpc) is 2.34. The summed E-state index contributed by atoms with van der Waals surface area (Å²) in [6.07, 6.45) is -0.899. The second kappa shape index (κ2) is 7.27. The number of nitrogens with one attached hydrogen (secondary N) is 1. The molecule has 0 radical (unpaired) electrons. The number of alkyl carbamates (subject to hydrolysis) is 1. The van der Waals surface area contributed by atoms with E-state index in [9.17, 15) is 19.5 Å². The lowest BCUT2D eigenvalue weighted by atomic mass is 9.92. The van der Waals surface area contributed by atoms with Gasteiger partial charge in [0.15, 0.2) is 0 Å². The van der Waals surface area contributed by atoms with E-state index in [-0.39, 0.29) is 6.54 Å². The zero-order valence-corrected chi connectivity index (χ0v) is 15.2. The number of carbonyl (C=O) groups excluding carboxylic acids is 2. The normalized spacial score (nSPS) is 21.8. The van der Waals surface area contributed by atoms with Crippen LogP contribution in [0.15, 0.2) is 0 Å². The van der Waals surface area contributed by atoms with E-state index in [2.05, 4.69) is 5.32 Å². The predicted molar refractivity (Wildman–Crippen MR) is 86.7 cm³/mol. The number of amides is 2. The van der Waals surface area contributed by atoms with E-state index in [0.717, 1.165) is 0 Å². The van der Waals surface area contributed by atoms with Gasteiger partial charge in [-0.15, -0.1) is 0 Å². The number of carbonyl (C=O) groups is 3. The molecular formula is C16H28N2O6. The van der Waals surface area contributed by atoms with E-state index in [1.54, 1.807) is 41.5 Å². The minimum atomic E-state index is -1.08. The molecule has 1 aliphatic rings. The van der Waals surface area contributed by atoms with E-state index < -0.39 is 41.3 Å². The third kappa shape index (κ3) is 6.64. The first kappa shape index (κ1) is 20.1. The quantitative estimate of drug-likeness (QED) is 0.796. The summed E-state index contributed by atoms with van der Waals surface area (Å²) in [4.78, 5) is 36.8. The van der Waals surface area contributed by atoms with Crippen molar-refractivity contribution in [3.8, 4) is 0 Å². The van der Waals surface area contributed by atoms with Gasteiger partial charge in [0.25, 0.3) is 0 Å². The second-order valence-electron chi connectivity index (χ2n) is 7.91. The fourth-order valence-corrected chi connectivity index (χ4v) is 2.33. The number of aliphatic carboxylic acids is 1. The summed E-state index contributed by atoms with van der Waals surface area (Å²) >= 11 is 0. The van der Waals surface area contributed by atoms with Crippen molar-refractivity contribution in [2.75, 3.05) is 13.1 Å². The van der Waals surface area contributed by atoms with Gasteiger partial charge in [0, 0.05) is 19.1 Å². The first-order chi connectivity index (χ1) is 10.8. The Kier molecular flexibility index (Phi) is 6.08. The summed E-state index contributed by atoms with van der Waals surface area (Å²) in [7, 11) is 0. The number of carboxylic acids is 1. The van der Waals surface area contributed by atoms with E-state index >= 15 is 0 Å². The maximum Gasteiger partial charge on any atom is 0.410 e. The lowest BCUT2D eigenvalue weighted by molar-refractivity contribution is -0.144. The highest BCUT2D eigenvalue weighted by Crippen LogP contribution is 2.21. The Morgan fingerprint density at radius 2 is 1.58 bits per heavy atom. The molecule has 1 rings (SSSR count). The zero-order valence-electron chi connectivity index (χ0n) is 15.2. The van der Waals surface area contributed by atoms with Crippen LogP contribution in [-0.2, 0) is 14.3 Å². The van der Waals surface area contributed by atoms with Crippen molar-refractivity contribution in [2.45, 2.75) is 65.2 Å². The number of carboxylic acid groups (broad SMARTS) is 1. The van der Waals surface area contributed by atoms with Crippen molar-refractivity contribution in [3.05, 3.63) is 0 Å². The molecule has 0 aromatic carbocycles. The van der Waals surface area contributed by atoms with Gasteiger partial charge in [-0.3, -0.25) is 4.79 Å². The van der Waals surface area contributed by atoms with Gasteiger partial charge in [0.1, 0.15) is 11.2 Å². The number of rotatable bonds is 2.